The van der Waals surface area contributed by atoms with Crippen molar-refractivity contribution in [1.82, 2.24) is 0 Å². The number of rotatable bonds is 4. The van der Waals surface area contributed by atoms with E-state index in [1.165, 1.54) is 0 Å². The van der Waals surface area contributed by atoms with E-state index in [1.807, 2.05) is 97.1 Å². The Bertz CT molecular complexity index is 987. The van der Waals surface area contributed by atoms with Crippen LogP contribution in [0.1, 0.15) is 16.7 Å². The fourth-order valence-electron chi connectivity index (χ4n) is 4.13. The van der Waals surface area contributed by atoms with E-state index in [2.05, 4.69) is 0 Å². The number of hydrogen-bond acceptors (Lipinski definition) is 2. The highest BCUT2D eigenvalue weighted by Gasteiger charge is 2.51. The van der Waals surface area contributed by atoms with Crippen LogP contribution in [-0.2, 0) is 10.4 Å². The lowest BCUT2D eigenvalue weighted by molar-refractivity contribution is -0.128. The average Bonchev–Trinajstić information content (AvgIpc) is 2.72. The van der Waals surface area contributed by atoms with Gasteiger partial charge in [0, 0.05) is 5.56 Å². The van der Waals surface area contributed by atoms with Crippen LogP contribution < -0.4 is 4.90 Å². The van der Waals surface area contributed by atoms with Crippen LogP contribution in [-0.4, -0.2) is 17.1 Å². The van der Waals surface area contributed by atoms with Gasteiger partial charge in [-0.3, -0.25) is 4.79 Å². The van der Waals surface area contributed by atoms with E-state index in [4.69, 9.17) is 0 Å². The monoisotopic (exact) mass is 353 g/mol. The number of fused-ring (bicyclic) bond motifs is 1. The lowest BCUT2D eigenvalue weighted by atomic mass is 9.75. The molecule has 0 unspecified atom stereocenters. The van der Waals surface area contributed by atoms with Gasteiger partial charge < -0.3 is 10.0 Å². The lowest BCUT2D eigenvalue weighted by Gasteiger charge is -2.50. The van der Waals surface area contributed by atoms with Gasteiger partial charge in [0.15, 0.2) is 0 Å². The smallest absolute Gasteiger partial charge is 0.236 e. The molecule has 27 heavy (non-hydrogen) atoms. The molecule has 132 valence electrons. The molecule has 1 N–H and O–H groups in total. The molecule has 3 aromatic carbocycles. The van der Waals surface area contributed by atoms with Crippen LogP contribution in [0.25, 0.3) is 0 Å². The van der Waals surface area contributed by atoms with Crippen molar-refractivity contribution >= 4 is 11.6 Å². The zero-order valence-corrected chi connectivity index (χ0v) is 14.7. The molecule has 5 rings (SSSR count). The average molecular weight is 353 g/mol. The van der Waals surface area contributed by atoms with Crippen molar-refractivity contribution in [3.63, 3.8) is 0 Å². The lowest BCUT2D eigenvalue weighted by Crippen LogP contribution is -2.64. The first-order chi connectivity index (χ1) is 13.2. The molecule has 0 bridgehead atoms. The first-order valence-electron chi connectivity index (χ1n) is 9.15. The van der Waals surface area contributed by atoms with E-state index in [0.717, 1.165) is 22.4 Å². The molecular formula is C24H19NO2. The predicted molar refractivity (Wildman–Crippen MR) is 105 cm³/mol. The molecule has 3 aromatic rings. The minimum absolute atomic E-state index is 0.000371. The summed E-state index contributed by atoms with van der Waals surface area (Å²) in [5.41, 5.74) is 1.69. The normalized spacial score (nSPS) is 20.6. The number of nitrogens with zero attached hydrogens (tertiary/aromatic N) is 1. The summed E-state index contributed by atoms with van der Waals surface area (Å²) in [6.45, 7) is 0. The predicted octanol–water partition coefficient (Wildman–Crippen LogP) is 3.87. The van der Waals surface area contributed by atoms with Crippen molar-refractivity contribution in [1.29, 1.82) is 0 Å². The first kappa shape index (κ1) is 16.0. The van der Waals surface area contributed by atoms with Gasteiger partial charge in [-0.25, -0.2) is 0 Å². The molecule has 0 saturated carbocycles. The van der Waals surface area contributed by atoms with E-state index in [-0.39, 0.29) is 17.9 Å². The molecule has 3 nitrogen and oxygen atoms in total. The second kappa shape index (κ2) is 5.93. The van der Waals surface area contributed by atoms with Gasteiger partial charge in [-0.15, -0.1) is 0 Å². The molecule has 3 heteroatoms. The zero-order valence-electron chi connectivity index (χ0n) is 14.7. The molecule has 1 saturated heterocycles. The van der Waals surface area contributed by atoms with Crippen molar-refractivity contribution in [2.75, 3.05) is 4.90 Å². The molecule has 0 spiro atoms. The van der Waals surface area contributed by atoms with Crippen molar-refractivity contribution in [2.24, 2.45) is 5.92 Å². The van der Waals surface area contributed by atoms with E-state index in [9.17, 15) is 9.90 Å². The highest BCUT2D eigenvalue weighted by molar-refractivity contribution is 6.07. The molecule has 1 heterocycles. The van der Waals surface area contributed by atoms with Crippen LogP contribution in [0.2, 0.25) is 0 Å². The Morgan fingerprint density at radius 3 is 1.81 bits per heavy atom. The largest absolute Gasteiger partial charge is 0.376 e. The number of carbonyl (C=O) groups is 1. The Labute approximate surface area is 158 Å². The Hall–Kier alpha value is -3.17. The van der Waals surface area contributed by atoms with Crippen LogP contribution in [0.5, 0.6) is 0 Å². The summed E-state index contributed by atoms with van der Waals surface area (Å²) < 4.78 is 0. The molecule has 2 aliphatic rings. The van der Waals surface area contributed by atoms with Gasteiger partial charge in [0.25, 0.3) is 0 Å². The number of aliphatic hydroxyl groups is 1. The van der Waals surface area contributed by atoms with Gasteiger partial charge >= 0.3 is 0 Å². The zero-order chi connectivity index (χ0) is 18.4. The topological polar surface area (TPSA) is 40.5 Å². The Morgan fingerprint density at radius 1 is 0.741 bits per heavy atom. The molecule has 1 aliphatic carbocycles. The van der Waals surface area contributed by atoms with Crippen LogP contribution in [0, 0.1) is 5.92 Å². The molecule has 2 atom stereocenters. The van der Waals surface area contributed by atoms with Crippen molar-refractivity contribution in [2.45, 2.75) is 11.6 Å². The van der Waals surface area contributed by atoms with Gasteiger partial charge in [0.2, 0.25) is 5.91 Å². The minimum atomic E-state index is -1.35. The number of carbonyl (C=O) groups excluding carboxylic acids is 1. The third-order valence-electron chi connectivity index (χ3n) is 5.64. The quantitative estimate of drug-likeness (QED) is 0.439. The molecule has 0 radical (unpaired) electrons. The van der Waals surface area contributed by atoms with Crippen LogP contribution in [0.3, 0.4) is 0 Å². The second-order valence-electron chi connectivity index (χ2n) is 7.07. The molecular weight excluding hydrogens is 334 g/mol. The van der Waals surface area contributed by atoms with Gasteiger partial charge in [-0.1, -0.05) is 91.0 Å². The van der Waals surface area contributed by atoms with Gasteiger partial charge in [-0.05, 0) is 17.2 Å². The van der Waals surface area contributed by atoms with Gasteiger partial charge in [-0.2, -0.15) is 0 Å². The summed E-state index contributed by atoms with van der Waals surface area (Å²) in [6.07, 6.45) is 4.00. The number of amides is 1. The van der Waals surface area contributed by atoms with E-state index < -0.39 is 5.60 Å². The minimum Gasteiger partial charge on any atom is -0.376 e. The molecule has 1 fully saturated rings. The van der Waals surface area contributed by atoms with Gasteiger partial charge in [0.1, 0.15) is 5.60 Å². The van der Waals surface area contributed by atoms with Gasteiger partial charge in [0.05, 0.1) is 17.6 Å². The maximum absolute atomic E-state index is 12.6. The maximum Gasteiger partial charge on any atom is 0.236 e. The fraction of sp³-hybridized carbons (Fsp3) is 0.125. The number of hydrogen-bond donors (Lipinski definition) is 1. The first-order valence-corrected chi connectivity index (χ1v) is 9.15. The van der Waals surface area contributed by atoms with E-state index >= 15 is 0 Å². The van der Waals surface area contributed by atoms with E-state index in [0.29, 0.717) is 0 Å². The number of benzene rings is 3. The summed E-state index contributed by atoms with van der Waals surface area (Å²) in [5, 5.41) is 12.1. The molecule has 1 aliphatic heterocycles. The summed E-state index contributed by atoms with van der Waals surface area (Å²) >= 11 is 0. The SMILES string of the molecule is O=C1[C@H]2C=C[C@H]2N1c1ccccc1C(O)(c1ccccc1)c1ccccc1. The number of para-hydroxylation sites is 1. The highest BCUT2D eigenvalue weighted by atomic mass is 16.3. The number of β-lactam (4-membered cyclic amide) rings is 1. The van der Waals surface area contributed by atoms with E-state index in [1.54, 1.807) is 4.90 Å². The summed E-state index contributed by atoms with van der Waals surface area (Å²) in [6, 6.07) is 27.0. The van der Waals surface area contributed by atoms with Crippen molar-refractivity contribution in [3.05, 3.63) is 114 Å². The van der Waals surface area contributed by atoms with Crippen molar-refractivity contribution < 1.29 is 9.90 Å². The third kappa shape index (κ3) is 2.22. The number of anilines is 1. The van der Waals surface area contributed by atoms with Crippen LogP contribution in [0.15, 0.2) is 97.1 Å². The second-order valence-corrected chi connectivity index (χ2v) is 7.07. The Morgan fingerprint density at radius 2 is 1.30 bits per heavy atom. The highest BCUT2D eigenvalue weighted by Crippen LogP contribution is 2.46. The fourth-order valence-corrected chi connectivity index (χ4v) is 4.13. The summed E-state index contributed by atoms with van der Waals surface area (Å²) in [5.74, 6) is 0.0954. The van der Waals surface area contributed by atoms with Crippen molar-refractivity contribution in [3.8, 4) is 0 Å². The summed E-state index contributed by atoms with van der Waals surface area (Å²) in [7, 11) is 0. The Kier molecular flexibility index (Phi) is 3.52. The third-order valence-corrected chi connectivity index (χ3v) is 5.64. The molecule has 0 aromatic heterocycles. The summed E-state index contributed by atoms with van der Waals surface area (Å²) in [4.78, 5) is 14.4. The Balaban J connectivity index is 1.73. The standard InChI is InChI=1S/C24H19NO2/c26-23-19-15-16-21(19)25(23)22-14-8-7-13-20(22)24(27,17-9-3-1-4-10-17)18-11-5-2-6-12-18/h1-16,19,21,27H/t19-,21+/m0/s1. The van der Waals surface area contributed by atoms with Crippen LogP contribution in [0.4, 0.5) is 5.69 Å². The molecule has 1 amide bonds. The maximum atomic E-state index is 12.6. The van der Waals surface area contributed by atoms with Crippen LogP contribution >= 0.6 is 0 Å².